The van der Waals surface area contributed by atoms with Crippen molar-refractivity contribution in [2.75, 3.05) is 6.61 Å². The molecule has 0 bridgehead atoms. The van der Waals surface area contributed by atoms with Crippen LogP contribution in [0.5, 0.6) is 5.75 Å². The summed E-state index contributed by atoms with van der Waals surface area (Å²) in [5, 5.41) is 0. The Balaban J connectivity index is 1.52. The molecule has 3 rings (SSSR count). The SMILES string of the molecule is CCCCC(C)C1CCC(CCc2cc3c(c(F)c2F)OCCC3)CC1. The van der Waals surface area contributed by atoms with Crippen LogP contribution in [0.1, 0.15) is 82.8 Å². The number of benzene rings is 1. The van der Waals surface area contributed by atoms with Crippen molar-refractivity contribution >= 4 is 0 Å². The van der Waals surface area contributed by atoms with Crippen LogP contribution in [0.25, 0.3) is 0 Å². The van der Waals surface area contributed by atoms with Crippen LogP contribution in [0, 0.1) is 29.4 Å². The maximum absolute atomic E-state index is 14.4. The van der Waals surface area contributed by atoms with Gasteiger partial charge in [-0.3, -0.25) is 0 Å². The van der Waals surface area contributed by atoms with Crippen molar-refractivity contribution in [1.82, 2.24) is 0 Å². The first-order valence-corrected chi connectivity index (χ1v) is 10.7. The van der Waals surface area contributed by atoms with E-state index >= 15 is 0 Å². The fourth-order valence-electron chi connectivity index (χ4n) is 4.85. The molecule has 1 saturated carbocycles. The average Bonchev–Trinajstić information content (AvgIpc) is 2.68. The van der Waals surface area contributed by atoms with Gasteiger partial charge in [-0.15, -0.1) is 0 Å². The fourth-order valence-corrected chi connectivity index (χ4v) is 4.85. The van der Waals surface area contributed by atoms with Gasteiger partial charge in [0.1, 0.15) is 0 Å². The van der Waals surface area contributed by atoms with E-state index in [1.165, 1.54) is 44.9 Å². The van der Waals surface area contributed by atoms with Crippen molar-refractivity contribution in [3.63, 3.8) is 0 Å². The quantitative estimate of drug-likeness (QED) is 0.514. The Hall–Kier alpha value is -1.12. The van der Waals surface area contributed by atoms with Gasteiger partial charge in [-0.25, -0.2) is 4.39 Å². The minimum atomic E-state index is -0.773. The fraction of sp³-hybridized carbons (Fsp3) is 0.739. The first kappa shape index (κ1) is 19.6. The minimum Gasteiger partial charge on any atom is -0.490 e. The second-order valence-corrected chi connectivity index (χ2v) is 8.54. The zero-order valence-corrected chi connectivity index (χ0v) is 16.5. The predicted octanol–water partition coefficient (Wildman–Crippen LogP) is 6.86. The lowest BCUT2D eigenvalue weighted by Gasteiger charge is -2.32. The zero-order chi connectivity index (χ0) is 18.5. The molecule has 2 aliphatic rings. The Morgan fingerprint density at radius 2 is 1.92 bits per heavy atom. The minimum absolute atomic E-state index is 0.152. The van der Waals surface area contributed by atoms with E-state index in [2.05, 4.69) is 13.8 Å². The van der Waals surface area contributed by atoms with E-state index in [1.807, 2.05) is 6.07 Å². The number of unbranched alkanes of at least 4 members (excludes halogenated alkanes) is 1. The van der Waals surface area contributed by atoms with Crippen molar-refractivity contribution in [3.8, 4) is 5.75 Å². The molecule has 0 N–H and O–H groups in total. The lowest BCUT2D eigenvalue weighted by molar-refractivity contribution is 0.198. The van der Waals surface area contributed by atoms with Gasteiger partial charge in [0.25, 0.3) is 0 Å². The molecule has 0 saturated heterocycles. The van der Waals surface area contributed by atoms with Crippen molar-refractivity contribution in [3.05, 3.63) is 28.8 Å². The van der Waals surface area contributed by atoms with Crippen LogP contribution in [-0.2, 0) is 12.8 Å². The van der Waals surface area contributed by atoms with Crippen molar-refractivity contribution in [2.24, 2.45) is 17.8 Å². The molecule has 3 heteroatoms. The van der Waals surface area contributed by atoms with Crippen LogP contribution in [0.15, 0.2) is 6.07 Å². The van der Waals surface area contributed by atoms with Crippen molar-refractivity contribution in [2.45, 2.75) is 84.5 Å². The Labute approximate surface area is 157 Å². The van der Waals surface area contributed by atoms with Crippen molar-refractivity contribution < 1.29 is 13.5 Å². The lowest BCUT2D eigenvalue weighted by atomic mass is 9.73. The van der Waals surface area contributed by atoms with Crippen molar-refractivity contribution in [1.29, 1.82) is 0 Å². The molecule has 0 spiro atoms. The van der Waals surface area contributed by atoms with Crippen LogP contribution in [0.3, 0.4) is 0 Å². The molecule has 26 heavy (non-hydrogen) atoms. The third-order valence-corrected chi connectivity index (χ3v) is 6.68. The molecule has 1 aliphatic carbocycles. The normalized spacial score (nSPS) is 24.0. The molecule has 0 radical (unpaired) electrons. The van der Waals surface area contributed by atoms with E-state index in [9.17, 15) is 8.78 Å². The van der Waals surface area contributed by atoms with Crippen LogP contribution in [0.4, 0.5) is 8.78 Å². The van der Waals surface area contributed by atoms with Crippen LogP contribution < -0.4 is 4.74 Å². The van der Waals surface area contributed by atoms with Gasteiger partial charge in [-0.1, -0.05) is 46.0 Å². The highest BCUT2D eigenvalue weighted by Crippen LogP contribution is 2.38. The molecule has 1 aromatic rings. The first-order valence-electron chi connectivity index (χ1n) is 10.7. The number of hydrogen-bond donors (Lipinski definition) is 0. The zero-order valence-electron chi connectivity index (χ0n) is 16.5. The largest absolute Gasteiger partial charge is 0.490 e. The van der Waals surface area contributed by atoms with E-state index in [-0.39, 0.29) is 5.75 Å². The number of halogens is 2. The number of fused-ring (bicyclic) bond motifs is 1. The third-order valence-electron chi connectivity index (χ3n) is 6.68. The second-order valence-electron chi connectivity index (χ2n) is 8.54. The lowest BCUT2D eigenvalue weighted by Crippen LogP contribution is -2.20. The monoisotopic (exact) mass is 364 g/mol. The highest BCUT2D eigenvalue weighted by Gasteiger charge is 2.26. The van der Waals surface area contributed by atoms with Gasteiger partial charge in [0.15, 0.2) is 11.6 Å². The summed E-state index contributed by atoms with van der Waals surface area (Å²) in [5.74, 6) is 1.06. The Bertz CT molecular complexity index is 590. The molecule has 1 atom stereocenters. The maximum Gasteiger partial charge on any atom is 0.201 e. The number of aryl methyl sites for hydroxylation is 2. The maximum atomic E-state index is 14.4. The van der Waals surface area contributed by atoms with Gasteiger partial charge in [0, 0.05) is 0 Å². The Morgan fingerprint density at radius 1 is 1.15 bits per heavy atom. The molecule has 1 nitrogen and oxygen atoms in total. The number of ether oxygens (including phenoxy) is 1. The molecule has 146 valence electrons. The first-order chi connectivity index (χ1) is 12.6. The highest BCUT2D eigenvalue weighted by atomic mass is 19.2. The van der Waals surface area contributed by atoms with Gasteiger partial charge in [0.2, 0.25) is 5.82 Å². The van der Waals surface area contributed by atoms with Gasteiger partial charge in [0.05, 0.1) is 6.61 Å². The van der Waals surface area contributed by atoms with Crippen LogP contribution >= 0.6 is 0 Å². The molecule has 0 aromatic heterocycles. The molecular formula is C23H34F2O. The third kappa shape index (κ3) is 4.58. The summed E-state index contributed by atoms with van der Waals surface area (Å²) in [6.45, 7) is 5.16. The molecule has 0 amide bonds. The summed E-state index contributed by atoms with van der Waals surface area (Å²) < 4.78 is 34.0. The average molecular weight is 365 g/mol. The number of hydrogen-bond acceptors (Lipinski definition) is 1. The smallest absolute Gasteiger partial charge is 0.201 e. The predicted molar refractivity (Wildman–Crippen MR) is 103 cm³/mol. The standard InChI is InChI=1S/C23H34F2O/c1-3-4-6-16(2)18-11-8-17(9-12-18)10-13-19-15-20-7-5-14-26-23(20)22(25)21(19)24/h15-18H,3-14H2,1-2H3. The molecular weight excluding hydrogens is 330 g/mol. The van der Waals surface area contributed by atoms with Gasteiger partial charge in [-0.2, -0.15) is 4.39 Å². The summed E-state index contributed by atoms with van der Waals surface area (Å²) in [5.41, 5.74) is 1.39. The van der Waals surface area contributed by atoms with Gasteiger partial charge in [-0.05, 0) is 73.5 Å². The van der Waals surface area contributed by atoms with E-state index in [4.69, 9.17) is 4.74 Å². The van der Waals surface area contributed by atoms with E-state index in [1.54, 1.807) is 0 Å². The highest BCUT2D eigenvalue weighted by molar-refractivity contribution is 5.41. The topological polar surface area (TPSA) is 9.23 Å². The molecule has 1 fully saturated rings. The van der Waals surface area contributed by atoms with E-state index in [0.717, 1.165) is 36.7 Å². The molecule has 1 heterocycles. The summed E-state index contributed by atoms with van der Waals surface area (Å²) in [6.07, 6.45) is 12.4. The summed E-state index contributed by atoms with van der Waals surface area (Å²) in [4.78, 5) is 0. The van der Waals surface area contributed by atoms with E-state index in [0.29, 0.717) is 24.5 Å². The second kappa shape index (κ2) is 9.19. The van der Waals surface area contributed by atoms with Crippen LogP contribution in [0.2, 0.25) is 0 Å². The van der Waals surface area contributed by atoms with Gasteiger partial charge >= 0.3 is 0 Å². The van der Waals surface area contributed by atoms with Crippen LogP contribution in [-0.4, -0.2) is 6.61 Å². The molecule has 1 unspecified atom stereocenters. The summed E-state index contributed by atoms with van der Waals surface area (Å²) in [6, 6.07) is 1.85. The van der Waals surface area contributed by atoms with E-state index < -0.39 is 11.6 Å². The Kier molecular flexibility index (Phi) is 6.94. The van der Waals surface area contributed by atoms with Gasteiger partial charge < -0.3 is 4.74 Å². The Morgan fingerprint density at radius 3 is 2.65 bits per heavy atom. The summed E-state index contributed by atoms with van der Waals surface area (Å²) >= 11 is 0. The number of rotatable bonds is 7. The molecule has 1 aromatic carbocycles. The summed E-state index contributed by atoms with van der Waals surface area (Å²) in [7, 11) is 0. The molecule has 1 aliphatic heterocycles.